The number of piperidine rings is 1. The number of nitrogens with zero attached hydrogens (tertiary/aromatic N) is 3. The van der Waals surface area contributed by atoms with Gasteiger partial charge in [0, 0.05) is 55.8 Å². The quantitative estimate of drug-likeness (QED) is 0.513. The van der Waals surface area contributed by atoms with E-state index in [1.807, 2.05) is 0 Å². The molecule has 0 radical (unpaired) electrons. The van der Waals surface area contributed by atoms with Crippen molar-refractivity contribution >= 4 is 26.8 Å². The van der Waals surface area contributed by atoms with Crippen molar-refractivity contribution in [1.29, 1.82) is 5.26 Å². The zero-order valence-corrected chi connectivity index (χ0v) is 20.0. The van der Waals surface area contributed by atoms with Crippen LogP contribution < -0.4 is 4.72 Å². The Morgan fingerprint density at radius 1 is 1.17 bits per heavy atom. The van der Waals surface area contributed by atoms with Crippen molar-refractivity contribution in [3.63, 3.8) is 0 Å². The zero-order chi connectivity index (χ0) is 24.5. The lowest BCUT2D eigenvalue weighted by molar-refractivity contribution is -0.187. The molecule has 2 aromatic heterocycles. The molecular formula is C24H27N5O5S. The molecule has 10 nitrogen and oxygen atoms in total. The first-order valence-electron chi connectivity index (χ1n) is 11.6. The number of aryl methyl sites for hydroxylation is 1. The van der Waals surface area contributed by atoms with E-state index in [0.29, 0.717) is 62.3 Å². The van der Waals surface area contributed by atoms with Crippen LogP contribution in [-0.4, -0.2) is 66.9 Å². The van der Waals surface area contributed by atoms with E-state index in [-0.39, 0.29) is 17.2 Å². The maximum atomic E-state index is 13.6. The molecule has 5 rings (SSSR count). The van der Waals surface area contributed by atoms with Crippen LogP contribution in [0.1, 0.15) is 25.0 Å². The highest BCUT2D eigenvalue weighted by molar-refractivity contribution is 7.89. The predicted molar refractivity (Wildman–Crippen MR) is 127 cm³/mol. The molecular weight excluding hydrogens is 470 g/mol. The van der Waals surface area contributed by atoms with Gasteiger partial charge in [-0.15, -0.1) is 0 Å². The maximum Gasteiger partial charge on any atom is 0.241 e. The second kappa shape index (κ2) is 9.47. The summed E-state index contributed by atoms with van der Waals surface area (Å²) in [5, 5.41) is 9.87. The molecule has 0 saturated carbocycles. The molecule has 184 valence electrons. The van der Waals surface area contributed by atoms with Crippen LogP contribution in [0.3, 0.4) is 0 Å². The minimum Gasteiger partial charge on any atom is -0.361 e. The highest BCUT2D eigenvalue weighted by atomic mass is 32.2. The fourth-order valence-electron chi connectivity index (χ4n) is 4.83. The zero-order valence-electron chi connectivity index (χ0n) is 19.1. The molecule has 2 N–H and O–H groups in total. The van der Waals surface area contributed by atoms with E-state index < -0.39 is 21.9 Å². The predicted octanol–water partition coefficient (Wildman–Crippen LogP) is 1.94. The van der Waals surface area contributed by atoms with Crippen LogP contribution in [0.15, 0.2) is 53.7 Å². The van der Waals surface area contributed by atoms with Crippen molar-refractivity contribution in [2.75, 3.05) is 26.3 Å². The van der Waals surface area contributed by atoms with Crippen molar-refractivity contribution in [3.05, 3.63) is 54.5 Å². The molecule has 35 heavy (non-hydrogen) atoms. The summed E-state index contributed by atoms with van der Waals surface area (Å²) in [6.07, 6.45) is 4.69. The molecule has 1 spiro atoms. The molecule has 2 aliphatic rings. The Labute approximate surface area is 203 Å². The summed E-state index contributed by atoms with van der Waals surface area (Å²) in [5.41, 5.74) is 1.14. The van der Waals surface area contributed by atoms with E-state index in [0.717, 1.165) is 0 Å². The molecule has 11 heteroatoms. The summed E-state index contributed by atoms with van der Waals surface area (Å²) in [7, 11) is -4.01. The Hall–Kier alpha value is -3.17. The number of hydrogen-bond donors (Lipinski definition) is 2. The molecule has 0 bridgehead atoms. The van der Waals surface area contributed by atoms with Gasteiger partial charge in [0.25, 0.3) is 0 Å². The van der Waals surface area contributed by atoms with Crippen molar-refractivity contribution in [1.82, 2.24) is 19.2 Å². The molecule has 2 aliphatic heterocycles. The van der Waals surface area contributed by atoms with Gasteiger partial charge in [0.1, 0.15) is 17.8 Å². The van der Waals surface area contributed by atoms with Gasteiger partial charge in [-0.1, -0.05) is 6.07 Å². The van der Waals surface area contributed by atoms with Gasteiger partial charge in [-0.3, -0.25) is 4.79 Å². The number of carbonyl (C=O) groups is 1. The number of ether oxygens (including phenoxy) is 2. The van der Waals surface area contributed by atoms with Gasteiger partial charge in [-0.05, 0) is 36.8 Å². The van der Waals surface area contributed by atoms with E-state index in [2.05, 4.69) is 15.8 Å². The van der Waals surface area contributed by atoms with E-state index >= 15 is 0 Å². The van der Waals surface area contributed by atoms with E-state index in [9.17, 15) is 18.5 Å². The standard InChI is InChI=1S/C24H27N5O5S/c25-17-18-3-2-11-28(18)12-7-21(23(30)29-13-8-24(9-14-29)33-15-16-34-24)27-35(31,32)22-5-1-4-20-19(22)6-10-26-20/h1-6,10-11,21,26-27H,7-9,12-16H2. The van der Waals surface area contributed by atoms with Gasteiger partial charge in [-0.2, -0.15) is 9.98 Å². The monoisotopic (exact) mass is 497 g/mol. The van der Waals surface area contributed by atoms with Crippen molar-refractivity contribution in [3.8, 4) is 6.07 Å². The van der Waals surface area contributed by atoms with Gasteiger partial charge in [-0.25, -0.2) is 8.42 Å². The Morgan fingerprint density at radius 2 is 1.94 bits per heavy atom. The van der Waals surface area contributed by atoms with Crippen LogP contribution in [-0.2, 0) is 30.8 Å². The lowest BCUT2D eigenvalue weighted by atomic mass is 10.0. The van der Waals surface area contributed by atoms with Gasteiger partial charge in [0.2, 0.25) is 15.9 Å². The van der Waals surface area contributed by atoms with Gasteiger partial charge >= 0.3 is 0 Å². The van der Waals surface area contributed by atoms with Gasteiger partial charge < -0.3 is 23.9 Å². The van der Waals surface area contributed by atoms with Crippen LogP contribution in [0.5, 0.6) is 0 Å². The minimum atomic E-state index is -4.01. The van der Waals surface area contributed by atoms with Gasteiger partial charge in [0.05, 0.1) is 18.1 Å². The largest absolute Gasteiger partial charge is 0.361 e. The summed E-state index contributed by atoms with van der Waals surface area (Å²) in [4.78, 5) is 18.4. The molecule has 1 atom stereocenters. The number of aromatic nitrogens is 2. The third-order valence-electron chi connectivity index (χ3n) is 6.69. The third-order valence-corrected chi connectivity index (χ3v) is 8.22. The fraction of sp³-hybridized carbons (Fsp3) is 0.417. The molecule has 2 saturated heterocycles. The lowest BCUT2D eigenvalue weighted by Crippen LogP contribution is -2.54. The topological polar surface area (TPSA) is 129 Å². The Balaban J connectivity index is 1.38. The molecule has 4 heterocycles. The first-order valence-corrected chi connectivity index (χ1v) is 13.1. The number of H-pyrrole nitrogens is 1. The highest BCUT2D eigenvalue weighted by Gasteiger charge is 2.42. The lowest BCUT2D eigenvalue weighted by Gasteiger charge is -2.38. The summed E-state index contributed by atoms with van der Waals surface area (Å²) in [6.45, 7) is 2.22. The number of nitrogens with one attached hydrogen (secondary N) is 2. The summed E-state index contributed by atoms with van der Waals surface area (Å²) >= 11 is 0. The molecule has 0 aliphatic carbocycles. The number of benzene rings is 1. The van der Waals surface area contributed by atoms with Crippen LogP contribution >= 0.6 is 0 Å². The van der Waals surface area contributed by atoms with Crippen molar-refractivity contribution in [2.45, 2.75) is 42.5 Å². The summed E-state index contributed by atoms with van der Waals surface area (Å²) in [6, 6.07) is 11.2. The average molecular weight is 498 g/mol. The molecule has 3 aromatic rings. The minimum absolute atomic E-state index is 0.109. The third kappa shape index (κ3) is 4.70. The smallest absolute Gasteiger partial charge is 0.241 e. The number of likely N-dealkylation sites (tertiary alicyclic amines) is 1. The van der Waals surface area contributed by atoms with Crippen LogP contribution in [0.4, 0.5) is 0 Å². The van der Waals surface area contributed by atoms with Crippen LogP contribution in [0.2, 0.25) is 0 Å². The second-order valence-corrected chi connectivity index (χ2v) is 10.5. The number of nitriles is 1. The first kappa shape index (κ1) is 23.6. The van der Waals surface area contributed by atoms with E-state index in [4.69, 9.17) is 9.47 Å². The van der Waals surface area contributed by atoms with Crippen molar-refractivity contribution in [2.24, 2.45) is 0 Å². The Morgan fingerprint density at radius 3 is 2.69 bits per heavy atom. The summed E-state index contributed by atoms with van der Waals surface area (Å²) < 4.78 is 42.8. The SMILES string of the molecule is N#Cc1cccn1CCC(NS(=O)(=O)c1cccc2[nH]ccc12)C(=O)N1CCC2(CC1)OCCO2. The highest BCUT2D eigenvalue weighted by Crippen LogP contribution is 2.31. The molecule has 1 amide bonds. The number of rotatable bonds is 7. The molecule has 1 unspecified atom stereocenters. The average Bonchev–Trinajstić information content (AvgIpc) is 3.62. The maximum absolute atomic E-state index is 13.6. The number of sulfonamides is 1. The number of hydrogen-bond acceptors (Lipinski definition) is 6. The number of fused-ring (bicyclic) bond motifs is 1. The Kier molecular flexibility index (Phi) is 6.37. The number of amides is 1. The van der Waals surface area contributed by atoms with E-state index in [1.165, 1.54) is 6.07 Å². The second-order valence-electron chi connectivity index (χ2n) is 8.79. The summed E-state index contributed by atoms with van der Waals surface area (Å²) in [5.74, 6) is -0.934. The van der Waals surface area contributed by atoms with Crippen LogP contribution in [0.25, 0.3) is 10.9 Å². The Bertz CT molecular complexity index is 1360. The number of aromatic amines is 1. The fourth-order valence-corrected chi connectivity index (χ4v) is 6.27. The molecule has 2 fully saturated rings. The number of carbonyl (C=O) groups excluding carboxylic acids is 1. The van der Waals surface area contributed by atoms with Crippen LogP contribution in [0, 0.1) is 11.3 Å². The van der Waals surface area contributed by atoms with Gasteiger partial charge in [0.15, 0.2) is 5.79 Å². The first-order chi connectivity index (χ1) is 16.9. The normalized spacial score (nSPS) is 18.7. The van der Waals surface area contributed by atoms with E-state index in [1.54, 1.807) is 52.2 Å². The molecule has 1 aromatic carbocycles. The van der Waals surface area contributed by atoms with Crippen molar-refractivity contribution < 1.29 is 22.7 Å².